The quantitative estimate of drug-likeness (QED) is 0.784. The van der Waals surface area contributed by atoms with Gasteiger partial charge in [-0.1, -0.05) is 25.0 Å². The number of hydrogen-bond donors (Lipinski definition) is 2. The van der Waals surface area contributed by atoms with Gasteiger partial charge in [0.2, 0.25) is 0 Å². The molecule has 1 saturated heterocycles. The van der Waals surface area contributed by atoms with Crippen molar-refractivity contribution in [1.29, 1.82) is 0 Å². The van der Waals surface area contributed by atoms with Gasteiger partial charge in [-0.25, -0.2) is 4.79 Å². The Hall–Kier alpha value is -2.54. The molecule has 0 radical (unpaired) electrons. The molecule has 1 aliphatic heterocycles. The number of carbonyl (C=O) groups excluding carboxylic acids is 1. The van der Waals surface area contributed by atoms with Crippen LogP contribution in [-0.2, 0) is 17.2 Å². The second kappa shape index (κ2) is 8.45. The van der Waals surface area contributed by atoms with Crippen LogP contribution in [0.2, 0.25) is 0 Å². The second-order valence-corrected chi connectivity index (χ2v) is 8.18. The largest absolute Gasteiger partial charge is 0.497 e. The van der Waals surface area contributed by atoms with Crippen molar-refractivity contribution in [3.63, 3.8) is 0 Å². The third kappa shape index (κ3) is 4.24. The lowest BCUT2D eigenvalue weighted by molar-refractivity contribution is 0.0998. The molecule has 2 fully saturated rings. The molecule has 2 N–H and O–H groups in total. The monoisotopic (exact) mass is 398 g/mol. The van der Waals surface area contributed by atoms with Gasteiger partial charge in [0.25, 0.3) is 0 Å². The van der Waals surface area contributed by atoms with Crippen LogP contribution in [0.3, 0.4) is 0 Å². The fourth-order valence-electron chi connectivity index (χ4n) is 4.69. The van der Waals surface area contributed by atoms with Gasteiger partial charge in [0, 0.05) is 37.4 Å². The average molecular weight is 399 g/mol. The number of rotatable bonds is 6. The molecule has 1 aromatic carbocycles. The number of benzene rings is 1. The lowest BCUT2D eigenvalue weighted by Crippen LogP contribution is -2.47. The fraction of sp³-hybridized carbons (Fsp3) is 0.545. The van der Waals surface area contributed by atoms with Gasteiger partial charge in [0.05, 0.1) is 19.3 Å². The Balaban J connectivity index is 1.40. The van der Waals surface area contributed by atoms with Crippen molar-refractivity contribution in [2.24, 2.45) is 7.05 Å². The molecule has 2 aliphatic rings. The summed E-state index contributed by atoms with van der Waals surface area (Å²) < 4.78 is 13.0. The van der Waals surface area contributed by atoms with Crippen LogP contribution in [0.25, 0.3) is 0 Å². The first-order valence-electron chi connectivity index (χ1n) is 10.4. The highest BCUT2D eigenvalue weighted by Gasteiger charge is 2.37. The summed E-state index contributed by atoms with van der Waals surface area (Å²) in [5, 5.41) is 10.5. The van der Waals surface area contributed by atoms with Gasteiger partial charge in [-0.2, -0.15) is 5.10 Å². The number of amides is 2. The highest BCUT2D eigenvalue weighted by atomic mass is 16.5. The average Bonchev–Trinajstić information content (AvgIpc) is 3.48. The van der Waals surface area contributed by atoms with Crippen molar-refractivity contribution in [2.45, 2.75) is 49.7 Å². The number of methoxy groups -OCH3 is 1. The number of aryl methyl sites for hydroxylation is 1. The Morgan fingerprint density at radius 1 is 1.38 bits per heavy atom. The summed E-state index contributed by atoms with van der Waals surface area (Å²) in [5.41, 5.74) is 2.21. The first-order chi connectivity index (χ1) is 14.1. The van der Waals surface area contributed by atoms with Crippen LogP contribution in [0.1, 0.15) is 49.3 Å². The van der Waals surface area contributed by atoms with Crippen molar-refractivity contribution >= 4 is 6.03 Å². The molecule has 156 valence electrons. The molecule has 2 amide bonds. The molecule has 0 spiro atoms. The number of hydrogen-bond acceptors (Lipinski definition) is 4. The van der Waals surface area contributed by atoms with E-state index >= 15 is 0 Å². The standard InChI is InChI=1S/C22H30N4O3/c1-26-14-16(13-24-26)20-19(8-11-29-20)25-21(27)23-15-22(9-3-4-10-22)17-6-5-7-18(12-17)28-2/h5-7,12-14,19-20H,3-4,8-11,15H2,1-2H3,(H2,23,25,27)/t19-,20+/m0/s1. The van der Waals surface area contributed by atoms with E-state index in [1.165, 1.54) is 18.4 Å². The second-order valence-electron chi connectivity index (χ2n) is 8.18. The van der Waals surface area contributed by atoms with Crippen molar-refractivity contribution < 1.29 is 14.3 Å². The summed E-state index contributed by atoms with van der Waals surface area (Å²) in [6, 6.07) is 8.07. The lowest BCUT2D eigenvalue weighted by Gasteiger charge is -2.31. The maximum Gasteiger partial charge on any atom is 0.315 e. The van der Waals surface area contributed by atoms with Gasteiger partial charge in [-0.3, -0.25) is 4.68 Å². The third-order valence-electron chi connectivity index (χ3n) is 6.29. The van der Waals surface area contributed by atoms with Crippen LogP contribution in [0.15, 0.2) is 36.7 Å². The summed E-state index contributed by atoms with van der Waals surface area (Å²) in [5.74, 6) is 0.862. The molecule has 2 atom stereocenters. The number of ether oxygens (including phenoxy) is 2. The van der Waals surface area contributed by atoms with Crippen LogP contribution < -0.4 is 15.4 Å². The fourth-order valence-corrected chi connectivity index (χ4v) is 4.69. The van der Waals surface area contributed by atoms with Crippen LogP contribution in [-0.4, -0.2) is 42.1 Å². The summed E-state index contributed by atoms with van der Waals surface area (Å²) >= 11 is 0. The predicted molar refractivity (Wildman–Crippen MR) is 110 cm³/mol. The van der Waals surface area contributed by atoms with Crippen LogP contribution in [0.5, 0.6) is 5.75 Å². The molecule has 1 saturated carbocycles. The van der Waals surface area contributed by atoms with Gasteiger partial charge in [0.15, 0.2) is 0 Å². The molecule has 0 unspecified atom stereocenters. The zero-order valence-corrected chi connectivity index (χ0v) is 17.2. The Bertz CT molecular complexity index is 844. The minimum atomic E-state index is -0.145. The highest BCUT2D eigenvalue weighted by Crippen LogP contribution is 2.41. The number of nitrogens with zero attached hydrogens (tertiary/aromatic N) is 2. The predicted octanol–water partition coefficient (Wildman–Crippen LogP) is 3.07. The van der Waals surface area contributed by atoms with Crippen molar-refractivity contribution in [3.8, 4) is 5.75 Å². The van der Waals surface area contributed by atoms with E-state index in [0.29, 0.717) is 13.2 Å². The van der Waals surface area contributed by atoms with E-state index in [9.17, 15) is 4.79 Å². The zero-order chi connectivity index (χ0) is 20.3. The molecule has 29 heavy (non-hydrogen) atoms. The van der Waals surface area contributed by atoms with Crippen LogP contribution >= 0.6 is 0 Å². The molecule has 2 heterocycles. The molecule has 4 rings (SSSR count). The van der Waals surface area contributed by atoms with Gasteiger partial charge in [0.1, 0.15) is 11.9 Å². The van der Waals surface area contributed by atoms with Crippen LogP contribution in [0.4, 0.5) is 4.79 Å². The van der Waals surface area contributed by atoms with Gasteiger partial charge < -0.3 is 20.1 Å². The molecule has 1 aliphatic carbocycles. The summed E-state index contributed by atoms with van der Waals surface area (Å²) in [7, 11) is 3.57. The van der Waals surface area contributed by atoms with E-state index in [1.54, 1.807) is 18.0 Å². The minimum absolute atomic E-state index is 0.0270. The molecular formula is C22H30N4O3. The SMILES string of the molecule is COc1cccc(C2(CNC(=O)N[C@H]3CCO[C@@H]3c3cnn(C)c3)CCCC2)c1. The number of aromatic nitrogens is 2. The molecule has 7 heteroatoms. The Morgan fingerprint density at radius 2 is 2.21 bits per heavy atom. The maximum absolute atomic E-state index is 12.7. The van der Waals surface area contributed by atoms with E-state index < -0.39 is 0 Å². The van der Waals surface area contributed by atoms with E-state index in [4.69, 9.17) is 9.47 Å². The molecular weight excluding hydrogens is 368 g/mol. The van der Waals surface area contributed by atoms with Gasteiger partial charge >= 0.3 is 6.03 Å². The Labute approximate surface area is 171 Å². The van der Waals surface area contributed by atoms with Crippen molar-refractivity contribution in [3.05, 3.63) is 47.8 Å². The number of nitrogens with one attached hydrogen (secondary N) is 2. The maximum atomic E-state index is 12.7. The van der Waals surface area contributed by atoms with E-state index in [0.717, 1.165) is 30.6 Å². The smallest absolute Gasteiger partial charge is 0.315 e. The van der Waals surface area contributed by atoms with Gasteiger partial charge in [-0.15, -0.1) is 0 Å². The van der Waals surface area contributed by atoms with Crippen molar-refractivity contribution in [2.75, 3.05) is 20.3 Å². The number of urea groups is 1. The molecule has 0 bridgehead atoms. The zero-order valence-electron chi connectivity index (χ0n) is 17.2. The summed E-state index contributed by atoms with van der Waals surface area (Å²) in [6.45, 7) is 1.26. The topological polar surface area (TPSA) is 77.4 Å². The van der Waals surface area contributed by atoms with Crippen LogP contribution in [0, 0.1) is 0 Å². The first kappa shape index (κ1) is 19.8. The summed E-state index contributed by atoms with van der Waals surface area (Å²) in [4.78, 5) is 12.7. The van der Waals surface area contributed by atoms with Gasteiger partial charge in [-0.05, 0) is 37.0 Å². The summed E-state index contributed by atoms with van der Waals surface area (Å²) in [6.07, 6.45) is 8.91. The number of carbonyl (C=O) groups is 1. The normalized spacial score (nSPS) is 23.1. The molecule has 2 aromatic rings. The lowest BCUT2D eigenvalue weighted by atomic mass is 9.78. The Morgan fingerprint density at radius 3 is 2.93 bits per heavy atom. The minimum Gasteiger partial charge on any atom is -0.497 e. The van der Waals surface area contributed by atoms with E-state index in [2.05, 4.69) is 27.9 Å². The van der Waals surface area contributed by atoms with Crippen molar-refractivity contribution in [1.82, 2.24) is 20.4 Å². The Kier molecular flexibility index (Phi) is 5.76. The van der Waals surface area contributed by atoms with E-state index in [1.807, 2.05) is 25.4 Å². The molecule has 1 aromatic heterocycles. The first-order valence-corrected chi connectivity index (χ1v) is 10.4. The van der Waals surface area contributed by atoms with E-state index in [-0.39, 0.29) is 23.6 Å². The third-order valence-corrected chi connectivity index (χ3v) is 6.29. The highest BCUT2D eigenvalue weighted by molar-refractivity contribution is 5.74. The molecule has 7 nitrogen and oxygen atoms in total.